The van der Waals surface area contributed by atoms with E-state index < -0.39 is 12.0 Å². The van der Waals surface area contributed by atoms with E-state index in [1.807, 2.05) is 0 Å². The number of carbonyl (C=O) groups excluding carboxylic acids is 1. The third-order valence-corrected chi connectivity index (χ3v) is 1.63. The molecule has 0 aliphatic heterocycles. The minimum absolute atomic E-state index is 0.377. The lowest BCUT2D eigenvalue weighted by atomic mass is 10.3. The van der Waals surface area contributed by atoms with Crippen LogP contribution in [-0.4, -0.2) is 17.9 Å². The molecule has 1 fully saturated rings. The SMILES string of the molecule is CC(=O)NC1(C(F)F)CC1. The summed E-state index contributed by atoms with van der Waals surface area (Å²) in [7, 11) is 0. The molecule has 0 radical (unpaired) electrons. The van der Waals surface area contributed by atoms with E-state index in [0.717, 1.165) is 0 Å². The van der Waals surface area contributed by atoms with E-state index in [0.29, 0.717) is 12.8 Å². The maximum absolute atomic E-state index is 12.0. The van der Waals surface area contributed by atoms with E-state index in [9.17, 15) is 13.6 Å². The molecule has 2 nitrogen and oxygen atoms in total. The quantitative estimate of drug-likeness (QED) is 0.621. The van der Waals surface area contributed by atoms with E-state index in [-0.39, 0.29) is 5.91 Å². The molecule has 0 atom stereocenters. The first-order valence-corrected chi connectivity index (χ1v) is 3.14. The summed E-state index contributed by atoms with van der Waals surface area (Å²) in [5.74, 6) is -0.377. The predicted octanol–water partition coefficient (Wildman–Crippen LogP) is 0.920. The highest BCUT2D eigenvalue weighted by molar-refractivity contribution is 5.74. The summed E-state index contributed by atoms with van der Waals surface area (Å²) in [5, 5.41) is 2.24. The van der Waals surface area contributed by atoms with Gasteiger partial charge in [-0.05, 0) is 12.8 Å². The molecule has 1 amide bonds. The largest absolute Gasteiger partial charge is 0.345 e. The summed E-state index contributed by atoms with van der Waals surface area (Å²) >= 11 is 0. The Balaban J connectivity index is 2.45. The van der Waals surface area contributed by atoms with E-state index in [2.05, 4.69) is 5.32 Å². The van der Waals surface area contributed by atoms with Gasteiger partial charge in [0.15, 0.2) is 0 Å². The molecular formula is C6H9F2NO. The summed E-state index contributed by atoms with van der Waals surface area (Å²) < 4.78 is 24.0. The second-order valence-electron chi connectivity index (χ2n) is 2.64. The van der Waals surface area contributed by atoms with Gasteiger partial charge in [0.05, 0.1) is 0 Å². The van der Waals surface area contributed by atoms with Crippen molar-refractivity contribution in [2.24, 2.45) is 0 Å². The number of halogens is 2. The zero-order valence-corrected chi connectivity index (χ0v) is 5.66. The minimum Gasteiger partial charge on any atom is -0.345 e. The first-order chi connectivity index (χ1) is 4.57. The maximum Gasteiger partial charge on any atom is 0.261 e. The fourth-order valence-corrected chi connectivity index (χ4v) is 0.883. The molecule has 0 aromatic rings. The fourth-order valence-electron chi connectivity index (χ4n) is 0.883. The van der Waals surface area contributed by atoms with Gasteiger partial charge in [0.2, 0.25) is 5.91 Å². The Bertz CT molecular complexity index is 154. The molecule has 0 heterocycles. The molecular weight excluding hydrogens is 140 g/mol. The first kappa shape index (κ1) is 7.44. The second kappa shape index (κ2) is 2.18. The third kappa shape index (κ3) is 1.25. The Morgan fingerprint density at radius 3 is 2.20 bits per heavy atom. The van der Waals surface area contributed by atoms with Gasteiger partial charge in [0.25, 0.3) is 6.43 Å². The van der Waals surface area contributed by atoms with Gasteiger partial charge in [-0.2, -0.15) is 0 Å². The van der Waals surface area contributed by atoms with E-state index >= 15 is 0 Å². The zero-order chi connectivity index (χ0) is 7.78. The van der Waals surface area contributed by atoms with Gasteiger partial charge in [0.1, 0.15) is 5.54 Å². The predicted molar refractivity (Wildman–Crippen MR) is 31.8 cm³/mol. The van der Waals surface area contributed by atoms with E-state index in [1.54, 1.807) is 0 Å². The number of hydrogen-bond donors (Lipinski definition) is 1. The van der Waals surface area contributed by atoms with Gasteiger partial charge in [-0.3, -0.25) is 4.79 Å². The van der Waals surface area contributed by atoms with Crippen LogP contribution in [0.25, 0.3) is 0 Å². The van der Waals surface area contributed by atoms with Gasteiger partial charge in [-0.15, -0.1) is 0 Å². The van der Waals surface area contributed by atoms with Crippen molar-refractivity contribution in [2.75, 3.05) is 0 Å². The van der Waals surface area contributed by atoms with Crippen molar-refractivity contribution in [3.63, 3.8) is 0 Å². The highest BCUT2D eigenvalue weighted by Gasteiger charge is 2.51. The molecule has 1 aliphatic rings. The minimum atomic E-state index is -2.42. The zero-order valence-electron chi connectivity index (χ0n) is 5.66. The van der Waals surface area contributed by atoms with Gasteiger partial charge in [0, 0.05) is 6.92 Å². The van der Waals surface area contributed by atoms with Gasteiger partial charge in [-0.1, -0.05) is 0 Å². The Hall–Kier alpha value is -0.670. The lowest BCUT2D eigenvalue weighted by Gasteiger charge is -2.13. The van der Waals surface area contributed by atoms with Crippen LogP contribution in [0.2, 0.25) is 0 Å². The standard InChI is InChI=1S/C6H9F2NO/c1-4(10)9-6(2-3-6)5(7)8/h5H,2-3H2,1H3,(H,9,10). The molecule has 0 saturated heterocycles. The van der Waals surface area contributed by atoms with Crippen LogP contribution in [-0.2, 0) is 4.79 Å². The Morgan fingerprint density at radius 2 is 2.10 bits per heavy atom. The summed E-state index contributed by atoms with van der Waals surface area (Å²) in [5.41, 5.74) is -1.16. The molecule has 58 valence electrons. The summed E-state index contributed by atoms with van der Waals surface area (Å²) in [4.78, 5) is 10.4. The highest BCUT2D eigenvalue weighted by atomic mass is 19.3. The summed E-state index contributed by atoms with van der Waals surface area (Å²) in [6.45, 7) is 1.25. The van der Waals surface area contributed by atoms with Crippen LogP contribution in [0.1, 0.15) is 19.8 Å². The average Bonchev–Trinajstić information content (AvgIpc) is 2.46. The fraction of sp³-hybridized carbons (Fsp3) is 0.833. The Morgan fingerprint density at radius 1 is 1.60 bits per heavy atom. The molecule has 0 unspecified atom stereocenters. The van der Waals surface area contributed by atoms with Gasteiger partial charge < -0.3 is 5.32 Å². The topological polar surface area (TPSA) is 29.1 Å². The van der Waals surface area contributed by atoms with Crippen molar-refractivity contribution in [1.82, 2.24) is 5.32 Å². The number of alkyl halides is 2. The number of rotatable bonds is 2. The second-order valence-corrected chi connectivity index (χ2v) is 2.64. The molecule has 0 aromatic heterocycles. The molecule has 0 bridgehead atoms. The van der Waals surface area contributed by atoms with Crippen LogP contribution < -0.4 is 5.32 Å². The smallest absolute Gasteiger partial charge is 0.261 e. The summed E-state index contributed by atoms with van der Waals surface area (Å²) in [6, 6.07) is 0. The monoisotopic (exact) mass is 149 g/mol. The molecule has 1 rings (SSSR count). The normalized spacial score (nSPS) is 20.8. The first-order valence-electron chi connectivity index (χ1n) is 3.14. The van der Waals surface area contributed by atoms with Crippen molar-refractivity contribution in [3.05, 3.63) is 0 Å². The van der Waals surface area contributed by atoms with Crippen molar-refractivity contribution in [2.45, 2.75) is 31.7 Å². The van der Waals surface area contributed by atoms with Crippen LogP contribution >= 0.6 is 0 Å². The molecule has 0 aromatic carbocycles. The number of amides is 1. The van der Waals surface area contributed by atoms with Crippen molar-refractivity contribution in [3.8, 4) is 0 Å². The molecule has 4 heteroatoms. The maximum atomic E-state index is 12.0. The molecule has 1 N–H and O–H groups in total. The molecule has 1 aliphatic carbocycles. The van der Waals surface area contributed by atoms with Gasteiger partial charge in [-0.25, -0.2) is 8.78 Å². The Labute approximate surface area is 57.6 Å². The van der Waals surface area contributed by atoms with Crippen molar-refractivity contribution < 1.29 is 13.6 Å². The van der Waals surface area contributed by atoms with Gasteiger partial charge >= 0.3 is 0 Å². The van der Waals surface area contributed by atoms with Crippen LogP contribution in [0.5, 0.6) is 0 Å². The molecule has 1 saturated carbocycles. The van der Waals surface area contributed by atoms with Crippen LogP contribution in [0.3, 0.4) is 0 Å². The molecule has 0 spiro atoms. The Kier molecular flexibility index (Phi) is 1.62. The highest BCUT2D eigenvalue weighted by Crippen LogP contribution is 2.40. The van der Waals surface area contributed by atoms with Crippen LogP contribution in [0.4, 0.5) is 8.78 Å². The van der Waals surface area contributed by atoms with Crippen LogP contribution in [0.15, 0.2) is 0 Å². The average molecular weight is 149 g/mol. The van der Waals surface area contributed by atoms with Crippen molar-refractivity contribution >= 4 is 5.91 Å². The number of hydrogen-bond acceptors (Lipinski definition) is 1. The summed E-state index contributed by atoms with van der Waals surface area (Å²) in [6.07, 6.45) is -1.61. The van der Waals surface area contributed by atoms with E-state index in [1.165, 1.54) is 6.92 Å². The lowest BCUT2D eigenvalue weighted by Crippen LogP contribution is -2.40. The third-order valence-electron chi connectivity index (χ3n) is 1.63. The molecule has 10 heavy (non-hydrogen) atoms. The number of carbonyl (C=O) groups is 1. The van der Waals surface area contributed by atoms with Crippen LogP contribution in [0, 0.1) is 0 Å². The van der Waals surface area contributed by atoms with Crippen molar-refractivity contribution in [1.29, 1.82) is 0 Å². The number of nitrogens with one attached hydrogen (secondary N) is 1. The lowest BCUT2D eigenvalue weighted by molar-refractivity contribution is -0.121. The van der Waals surface area contributed by atoms with E-state index in [4.69, 9.17) is 0 Å².